The molecule has 2 fully saturated rings. The summed E-state index contributed by atoms with van der Waals surface area (Å²) in [6, 6.07) is 99.3. The zero-order chi connectivity index (χ0) is 71.1. The minimum Gasteiger partial charge on any atom is -0.311 e. The van der Waals surface area contributed by atoms with Gasteiger partial charge in [0.2, 0.25) is 0 Å². The van der Waals surface area contributed by atoms with E-state index >= 15 is 0 Å². The van der Waals surface area contributed by atoms with Crippen LogP contribution in [0.25, 0.3) is 78.1 Å². The van der Waals surface area contributed by atoms with Gasteiger partial charge < -0.3 is 9.80 Å². The molecule has 0 spiro atoms. The Morgan fingerprint density at radius 3 is 0.903 bits per heavy atom. The molecule has 103 heavy (non-hydrogen) atoms. The van der Waals surface area contributed by atoms with Crippen LogP contribution in [-0.4, -0.2) is 11.7 Å². The summed E-state index contributed by atoms with van der Waals surface area (Å²) in [7, 11) is 0. The number of benzene rings is 11. The normalized spacial score (nSPS) is 15.0. The average Bonchev–Trinajstić information content (AvgIpc) is 0.693. The lowest BCUT2D eigenvalue weighted by Gasteiger charge is -2.45. The van der Waals surface area contributed by atoms with Gasteiger partial charge in [-0.3, -0.25) is 0 Å². The van der Waals surface area contributed by atoms with Crippen molar-refractivity contribution in [3.63, 3.8) is 0 Å². The van der Waals surface area contributed by atoms with Crippen molar-refractivity contribution in [2.75, 3.05) is 9.80 Å². The molecule has 514 valence electrons. The zero-order valence-electron chi connectivity index (χ0n) is 62.9. The molecule has 12 aromatic rings. The van der Waals surface area contributed by atoms with Crippen LogP contribution in [0.15, 0.2) is 255 Å². The van der Waals surface area contributed by atoms with Gasteiger partial charge in [0.25, 0.3) is 6.71 Å². The number of nitrogens with zero attached hydrogens (tertiary/aromatic N) is 3. The SMILES string of the molecule is CC(C)(C)c1cc(-c2cc(-c3cc(C(C)(C)C)cc(C(C)(C)C)c3)nc(-c3cc4c5c(c3)N(c3cc(-c6ccccc6)cc(-c6ccccc6)c3)c3cc(C6CCCCC6)ccc3B5c3ccc(C5CCCCC5)cc3N4c3cc(-c4ccccc4)cc(-c4ccccc4)c3)c2)cc(C(C)(C)C)c1. The number of pyridine rings is 1. The van der Waals surface area contributed by atoms with E-state index in [-0.39, 0.29) is 28.4 Å². The highest BCUT2D eigenvalue weighted by atomic mass is 15.2. The molecule has 4 heteroatoms. The molecular weight excluding hydrogens is 1240 g/mol. The zero-order valence-corrected chi connectivity index (χ0v) is 62.9. The van der Waals surface area contributed by atoms with Crippen molar-refractivity contribution < 1.29 is 0 Å². The van der Waals surface area contributed by atoms with Crippen LogP contribution in [0.2, 0.25) is 0 Å². The third-order valence-corrected chi connectivity index (χ3v) is 23.1. The fourth-order valence-corrected chi connectivity index (χ4v) is 17.1. The second-order valence-corrected chi connectivity index (χ2v) is 34.6. The van der Waals surface area contributed by atoms with Crippen molar-refractivity contribution in [1.82, 2.24) is 4.98 Å². The minimum absolute atomic E-state index is 0.0986. The molecule has 0 atom stereocenters. The first-order chi connectivity index (χ1) is 49.5. The highest BCUT2D eigenvalue weighted by Gasteiger charge is 2.45. The van der Waals surface area contributed by atoms with Crippen molar-refractivity contribution in [3.8, 4) is 78.1 Å². The Morgan fingerprint density at radius 1 is 0.272 bits per heavy atom. The monoisotopic (exact) mass is 1340 g/mol. The van der Waals surface area contributed by atoms with Crippen LogP contribution >= 0.6 is 0 Å². The van der Waals surface area contributed by atoms with Crippen LogP contribution in [0, 0.1) is 0 Å². The Hall–Kier alpha value is -9.77. The molecule has 1 aromatic heterocycles. The smallest absolute Gasteiger partial charge is 0.252 e. The van der Waals surface area contributed by atoms with Crippen molar-refractivity contribution >= 4 is 57.2 Å². The van der Waals surface area contributed by atoms with Gasteiger partial charge in [0.1, 0.15) is 0 Å². The van der Waals surface area contributed by atoms with E-state index in [1.807, 2.05) is 0 Å². The van der Waals surface area contributed by atoms with Crippen LogP contribution in [-0.2, 0) is 21.7 Å². The fraction of sp³-hybridized carbons (Fsp3) is 0.283. The Balaban J connectivity index is 1.06. The molecule has 0 bridgehead atoms. The van der Waals surface area contributed by atoms with Crippen molar-refractivity contribution in [2.24, 2.45) is 0 Å². The molecule has 2 aliphatic heterocycles. The van der Waals surface area contributed by atoms with E-state index in [4.69, 9.17) is 4.98 Å². The second-order valence-electron chi connectivity index (χ2n) is 34.6. The summed E-state index contributed by atoms with van der Waals surface area (Å²) >= 11 is 0. The van der Waals surface area contributed by atoms with Crippen molar-refractivity contribution in [3.05, 3.63) is 288 Å². The molecule has 2 saturated carbocycles. The molecule has 3 heterocycles. The Morgan fingerprint density at radius 2 is 0.573 bits per heavy atom. The maximum atomic E-state index is 6.16. The number of hydrogen-bond donors (Lipinski definition) is 0. The highest BCUT2D eigenvalue weighted by molar-refractivity contribution is 7.00. The minimum atomic E-state index is -0.111. The fourth-order valence-electron chi connectivity index (χ4n) is 17.1. The standard InChI is InChI=1S/C99H100BN3/c1-96(2,3)81-49-77(50-82(63-81)97(4,5)6)78-57-89(79-51-83(98(7,8)9)64-84(52-79)99(10,11)12)101-90(58-78)80-61-93-95-94(62-80)103(86-55-75(69-39-27-17-28-40-69)48-76(56-86)70-41-29-18-30-42-70)92-60-72(66-33-21-14-22-34-66)44-46-88(92)100(95)87-45-43-71(65-31-19-13-20-32-65)59-91(87)102(93)85-53-73(67-35-23-15-24-36-67)47-74(54-85)68-37-25-16-26-38-68/h15-18,23-30,35-66H,13-14,19-22,31-34H2,1-12H3. The van der Waals surface area contributed by atoms with Gasteiger partial charge in [0.15, 0.2) is 0 Å². The lowest BCUT2D eigenvalue weighted by molar-refractivity contribution is 0.444. The van der Waals surface area contributed by atoms with Gasteiger partial charge in [-0.2, -0.15) is 0 Å². The van der Waals surface area contributed by atoms with E-state index < -0.39 is 0 Å². The van der Waals surface area contributed by atoms with E-state index in [2.05, 4.69) is 348 Å². The summed E-state index contributed by atoms with van der Waals surface area (Å²) in [5, 5.41) is 0. The molecular formula is C99H100BN3. The van der Waals surface area contributed by atoms with Gasteiger partial charge in [0.05, 0.1) is 11.4 Å². The largest absolute Gasteiger partial charge is 0.311 e. The van der Waals surface area contributed by atoms with Crippen LogP contribution in [0.1, 0.15) is 193 Å². The third kappa shape index (κ3) is 13.5. The van der Waals surface area contributed by atoms with Crippen LogP contribution in [0.4, 0.5) is 34.1 Å². The van der Waals surface area contributed by atoms with E-state index in [9.17, 15) is 0 Å². The van der Waals surface area contributed by atoms with Crippen molar-refractivity contribution in [2.45, 2.75) is 181 Å². The molecule has 0 amide bonds. The number of rotatable bonds is 11. The molecule has 3 nitrogen and oxygen atoms in total. The van der Waals surface area contributed by atoms with Gasteiger partial charge >= 0.3 is 0 Å². The summed E-state index contributed by atoms with van der Waals surface area (Å²) in [5.41, 5.74) is 34.8. The Bertz CT molecular complexity index is 4650. The molecule has 2 aliphatic carbocycles. The lowest BCUT2D eigenvalue weighted by Crippen LogP contribution is -2.61. The van der Waals surface area contributed by atoms with Crippen LogP contribution < -0.4 is 26.2 Å². The van der Waals surface area contributed by atoms with Gasteiger partial charge in [-0.25, -0.2) is 4.98 Å². The number of fused-ring (bicyclic) bond motifs is 4. The highest BCUT2D eigenvalue weighted by Crippen LogP contribution is 2.51. The Kier molecular flexibility index (Phi) is 17.6. The summed E-state index contributed by atoms with van der Waals surface area (Å²) in [5.74, 6) is 0.971. The lowest BCUT2D eigenvalue weighted by atomic mass is 9.33. The molecule has 16 rings (SSSR count). The van der Waals surface area contributed by atoms with E-state index in [1.165, 1.54) is 187 Å². The number of hydrogen-bond acceptors (Lipinski definition) is 3. The first kappa shape index (κ1) is 67.7. The summed E-state index contributed by atoms with van der Waals surface area (Å²) in [6.07, 6.45) is 12.5. The Labute approximate surface area is 615 Å². The van der Waals surface area contributed by atoms with E-state index in [0.717, 1.165) is 39.5 Å². The predicted octanol–water partition coefficient (Wildman–Crippen LogP) is 26.1. The quantitative estimate of drug-likeness (QED) is 0.120. The maximum absolute atomic E-state index is 6.16. The summed E-state index contributed by atoms with van der Waals surface area (Å²) < 4.78 is 0. The molecule has 0 N–H and O–H groups in total. The first-order valence-corrected chi connectivity index (χ1v) is 38.5. The van der Waals surface area contributed by atoms with Gasteiger partial charge in [0, 0.05) is 45.3 Å². The molecule has 0 radical (unpaired) electrons. The van der Waals surface area contributed by atoms with Gasteiger partial charge in [-0.15, -0.1) is 0 Å². The number of anilines is 6. The third-order valence-electron chi connectivity index (χ3n) is 23.1. The topological polar surface area (TPSA) is 19.4 Å². The van der Waals surface area contributed by atoms with Crippen molar-refractivity contribution in [1.29, 1.82) is 0 Å². The average molecular weight is 1340 g/mol. The van der Waals surface area contributed by atoms with Crippen LogP contribution in [0.5, 0.6) is 0 Å². The summed E-state index contributed by atoms with van der Waals surface area (Å²) in [6.45, 7) is 28.2. The molecule has 0 unspecified atom stereocenters. The van der Waals surface area contributed by atoms with Gasteiger partial charge in [-0.1, -0.05) is 291 Å². The number of aromatic nitrogens is 1. The molecule has 0 saturated heterocycles. The first-order valence-electron chi connectivity index (χ1n) is 38.5. The van der Waals surface area contributed by atoms with E-state index in [0.29, 0.717) is 11.8 Å². The van der Waals surface area contributed by atoms with E-state index in [1.54, 1.807) is 0 Å². The molecule has 4 aliphatic rings. The van der Waals surface area contributed by atoms with Crippen LogP contribution in [0.3, 0.4) is 0 Å². The molecule has 11 aromatic carbocycles. The van der Waals surface area contributed by atoms with Gasteiger partial charge in [-0.05, 0) is 250 Å². The summed E-state index contributed by atoms with van der Waals surface area (Å²) in [4.78, 5) is 11.6. The second kappa shape index (κ2) is 26.8. The predicted molar refractivity (Wildman–Crippen MR) is 443 cm³/mol. The maximum Gasteiger partial charge on any atom is 0.252 e.